The number of hydrogen-bond donors (Lipinski definition) is 4. The number of aliphatic hydroxyl groups excluding tert-OH is 3. The molecule has 0 rings (SSSR count). The van der Waals surface area contributed by atoms with Crippen molar-refractivity contribution in [3.8, 4) is 0 Å². The molecule has 0 aromatic heterocycles. The minimum Gasteiger partial charge on any atom is -0.481 e. The third-order valence-corrected chi connectivity index (χ3v) is 1.45. The largest absolute Gasteiger partial charge is 0.481 e. The zero-order chi connectivity index (χ0) is 10.9. The molecule has 0 bridgehead atoms. The molecule has 0 radical (unpaired) electrons. The maximum Gasteiger partial charge on any atom is 0.303 e. The number of hydrogen-bond acceptors (Lipinski definition) is 4. The molecule has 0 unspecified atom stereocenters. The summed E-state index contributed by atoms with van der Waals surface area (Å²) in [6.45, 7) is 2.66. The summed E-state index contributed by atoms with van der Waals surface area (Å²) in [4.78, 5) is 9.37. The average molecular weight is 194 g/mol. The maximum absolute atomic E-state index is 9.37. The Hall–Kier alpha value is -0.650. The third kappa shape index (κ3) is 9.26. The van der Waals surface area contributed by atoms with Crippen molar-refractivity contribution < 1.29 is 25.2 Å². The lowest BCUT2D eigenvalue weighted by atomic mass is 9.95. The van der Waals surface area contributed by atoms with Crippen LogP contribution in [0.5, 0.6) is 0 Å². The van der Waals surface area contributed by atoms with Gasteiger partial charge < -0.3 is 20.4 Å². The lowest BCUT2D eigenvalue weighted by Crippen LogP contribution is -2.29. The van der Waals surface area contributed by atoms with E-state index in [4.69, 9.17) is 20.4 Å². The zero-order valence-electron chi connectivity index (χ0n) is 8.03. The Morgan fingerprint density at radius 3 is 1.38 bits per heavy atom. The van der Waals surface area contributed by atoms with Gasteiger partial charge in [-0.2, -0.15) is 0 Å². The van der Waals surface area contributed by atoms with Gasteiger partial charge in [-0.05, 0) is 0 Å². The number of aliphatic hydroxyl groups is 3. The van der Waals surface area contributed by atoms with Crippen molar-refractivity contribution in [1.29, 1.82) is 0 Å². The van der Waals surface area contributed by atoms with Gasteiger partial charge in [0.05, 0.1) is 19.8 Å². The van der Waals surface area contributed by atoms with Crippen LogP contribution in [-0.4, -0.2) is 46.2 Å². The molecular formula is C8H18O5. The molecule has 0 aliphatic carbocycles. The van der Waals surface area contributed by atoms with E-state index in [-0.39, 0.29) is 26.2 Å². The Bertz CT molecular complexity index is 122. The fourth-order valence-corrected chi connectivity index (χ4v) is 0.150. The molecule has 4 N–H and O–H groups in total. The first-order valence-corrected chi connectivity index (χ1v) is 4.00. The van der Waals surface area contributed by atoms with Gasteiger partial charge in [-0.1, -0.05) is 13.8 Å². The first-order chi connectivity index (χ1) is 5.95. The van der Waals surface area contributed by atoms with Gasteiger partial charge in [0.25, 0.3) is 0 Å². The summed E-state index contributed by atoms with van der Waals surface area (Å²) >= 11 is 0. The summed E-state index contributed by atoms with van der Waals surface area (Å²) in [5.74, 6) is -0.745. The van der Waals surface area contributed by atoms with Gasteiger partial charge in [-0.15, -0.1) is 0 Å². The first-order valence-electron chi connectivity index (χ1n) is 4.00. The van der Waals surface area contributed by atoms with E-state index in [1.165, 1.54) is 0 Å². The predicted molar refractivity (Wildman–Crippen MR) is 47.3 cm³/mol. The molecule has 5 nitrogen and oxygen atoms in total. The molecule has 0 heterocycles. The molecule has 0 saturated carbocycles. The Morgan fingerprint density at radius 2 is 1.38 bits per heavy atom. The van der Waals surface area contributed by atoms with Crippen molar-refractivity contribution in [3.05, 3.63) is 0 Å². The normalized spacial score (nSPS) is 10.2. The van der Waals surface area contributed by atoms with E-state index in [2.05, 4.69) is 0 Å². The van der Waals surface area contributed by atoms with E-state index in [0.717, 1.165) is 0 Å². The molecule has 5 heteroatoms. The second kappa shape index (κ2) is 7.97. The Labute approximate surface area is 77.6 Å². The van der Waals surface area contributed by atoms with Crippen molar-refractivity contribution in [2.24, 2.45) is 5.41 Å². The fraction of sp³-hybridized carbons (Fsp3) is 0.875. The van der Waals surface area contributed by atoms with E-state index in [0.29, 0.717) is 0 Å². The second-order valence-electron chi connectivity index (χ2n) is 3.03. The molecule has 0 atom stereocenters. The summed E-state index contributed by atoms with van der Waals surface area (Å²) in [6, 6.07) is 0. The van der Waals surface area contributed by atoms with Crippen molar-refractivity contribution in [3.63, 3.8) is 0 Å². The predicted octanol–water partition coefficient (Wildman–Crippen LogP) is -0.549. The van der Waals surface area contributed by atoms with Crippen molar-refractivity contribution in [2.75, 3.05) is 19.8 Å². The van der Waals surface area contributed by atoms with Gasteiger partial charge in [-0.3, -0.25) is 4.79 Å². The van der Waals surface area contributed by atoms with Gasteiger partial charge in [-0.25, -0.2) is 0 Å². The molecule has 13 heavy (non-hydrogen) atoms. The summed E-state index contributed by atoms with van der Waals surface area (Å²) in [7, 11) is 0. The minimum atomic E-state index is -0.745. The molecule has 0 aromatic rings. The zero-order valence-corrected chi connectivity index (χ0v) is 8.03. The van der Waals surface area contributed by atoms with Gasteiger partial charge in [0.1, 0.15) is 0 Å². The molecular weight excluding hydrogens is 176 g/mol. The highest BCUT2D eigenvalue weighted by Gasteiger charge is 2.20. The molecule has 0 spiro atoms. The van der Waals surface area contributed by atoms with Gasteiger partial charge >= 0.3 is 5.97 Å². The summed E-state index contributed by atoms with van der Waals surface area (Å²) in [5, 5.41) is 33.1. The van der Waals surface area contributed by atoms with Gasteiger partial charge in [0.2, 0.25) is 0 Å². The topological polar surface area (TPSA) is 98.0 Å². The molecule has 0 aliphatic heterocycles. The molecule has 80 valence electrons. The van der Waals surface area contributed by atoms with Crippen LogP contribution in [0.15, 0.2) is 0 Å². The number of aliphatic carboxylic acids is 1. The highest BCUT2D eigenvalue weighted by molar-refractivity contribution is 5.66. The summed E-state index contributed by atoms with van der Waals surface area (Å²) in [6.07, 6.45) is 0.222. The van der Waals surface area contributed by atoms with E-state index >= 15 is 0 Å². The summed E-state index contributed by atoms with van der Waals surface area (Å²) in [5.41, 5.74) is -0.708. The highest BCUT2D eigenvalue weighted by atomic mass is 16.4. The maximum atomic E-state index is 9.37. The lowest BCUT2D eigenvalue weighted by molar-refractivity contribution is -0.136. The molecule has 0 fully saturated rings. The molecule has 0 aliphatic rings. The van der Waals surface area contributed by atoms with Crippen LogP contribution in [0.25, 0.3) is 0 Å². The smallest absolute Gasteiger partial charge is 0.303 e. The van der Waals surface area contributed by atoms with Crippen LogP contribution < -0.4 is 0 Å². The standard InChI is InChI=1S/C5H12O3.C3H6O2/c1-5(2-6,3-7)4-8;1-2-3(4)5/h6-8H,2-4H2,1H3;2H2,1H3,(H,4,5). The molecule has 0 saturated heterocycles. The van der Waals surface area contributed by atoms with E-state index in [1.54, 1.807) is 13.8 Å². The quantitative estimate of drug-likeness (QED) is 0.481. The molecule has 0 aromatic carbocycles. The Morgan fingerprint density at radius 1 is 1.15 bits per heavy atom. The van der Waals surface area contributed by atoms with Crippen LogP contribution in [0, 0.1) is 5.41 Å². The second-order valence-corrected chi connectivity index (χ2v) is 3.03. The lowest BCUT2D eigenvalue weighted by Gasteiger charge is -2.20. The average Bonchev–Trinajstić information content (AvgIpc) is 2.17. The van der Waals surface area contributed by atoms with Gasteiger partial charge in [0.15, 0.2) is 0 Å². The number of carboxylic acids is 1. The van der Waals surface area contributed by atoms with E-state index < -0.39 is 11.4 Å². The van der Waals surface area contributed by atoms with Crippen LogP contribution in [0.4, 0.5) is 0 Å². The monoisotopic (exact) mass is 194 g/mol. The van der Waals surface area contributed by atoms with Crippen LogP contribution >= 0.6 is 0 Å². The molecule has 0 amide bonds. The highest BCUT2D eigenvalue weighted by Crippen LogP contribution is 2.10. The third-order valence-electron chi connectivity index (χ3n) is 1.45. The SMILES string of the molecule is CC(CO)(CO)CO.CCC(=O)O. The van der Waals surface area contributed by atoms with E-state index in [9.17, 15) is 4.79 Å². The van der Waals surface area contributed by atoms with Crippen LogP contribution in [-0.2, 0) is 4.79 Å². The van der Waals surface area contributed by atoms with Crippen LogP contribution in [0.2, 0.25) is 0 Å². The van der Waals surface area contributed by atoms with Crippen molar-refractivity contribution in [2.45, 2.75) is 20.3 Å². The fourth-order valence-electron chi connectivity index (χ4n) is 0.150. The number of rotatable bonds is 4. The van der Waals surface area contributed by atoms with Crippen LogP contribution in [0.3, 0.4) is 0 Å². The first kappa shape index (κ1) is 14.9. The number of carboxylic acid groups (broad SMARTS) is 1. The summed E-state index contributed by atoms with van der Waals surface area (Å²) < 4.78 is 0. The number of carbonyl (C=O) groups is 1. The Balaban J connectivity index is 0. The van der Waals surface area contributed by atoms with Crippen molar-refractivity contribution >= 4 is 5.97 Å². The van der Waals surface area contributed by atoms with E-state index in [1.807, 2.05) is 0 Å². The van der Waals surface area contributed by atoms with Gasteiger partial charge in [0, 0.05) is 11.8 Å². The minimum absolute atomic E-state index is 0.181. The Kier molecular flexibility index (Phi) is 9.11. The van der Waals surface area contributed by atoms with Crippen LogP contribution in [0.1, 0.15) is 20.3 Å². The van der Waals surface area contributed by atoms with Crippen molar-refractivity contribution in [1.82, 2.24) is 0 Å².